The fourth-order valence-corrected chi connectivity index (χ4v) is 2.01. The lowest BCUT2D eigenvalue weighted by molar-refractivity contribution is -0.140. The molecule has 5 heteroatoms. The Labute approximate surface area is 95.7 Å². The summed E-state index contributed by atoms with van der Waals surface area (Å²) in [6.07, 6.45) is 4.14. The minimum Gasteiger partial charge on any atom is -0.469 e. The summed E-state index contributed by atoms with van der Waals surface area (Å²) >= 11 is 0. The molecular formula is C11H20N2O3. The number of rotatable bonds is 4. The summed E-state index contributed by atoms with van der Waals surface area (Å²) in [6.45, 7) is 0.328. The van der Waals surface area contributed by atoms with Crippen molar-refractivity contribution in [2.75, 3.05) is 13.7 Å². The molecule has 92 valence electrons. The van der Waals surface area contributed by atoms with Gasteiger partial charge < -0.3 is 15.8 Å². The van der Waals surface area contributed by atoms with Crippen molar-refractivity contribution in [3.05, 3.63) is 0 Å². The monoisotopic (exact) mass is 228 g/mol. The van der Waals surface area contributed by atoms with E-state index in [-0.39, 0.29) is 30.3 Å². The Kier molecular flexibility index (Phi) is 5.25. The molecule has 0 aromatic heterocycles. The highest BCUT2D eigenvalue weighted by molar-refractivity contribution is 5.80. The van der Waals surface area contributed by atoms with Crippen LogP contribution in [-0.4, -0.2) is 31.6 Å². The van der Waals surface area contributed by atoms with Crippen molar-refractivity contribution >= 4 is 11.9 Å². The molecule has 1 aliphatic rings. The van der Waals surface area contributed by atoms with Crippen LogP contribution in [0.5, 0.6) is 0 Å². The zero-order valence-electron chi connectivity index (χ0n) is 9.70. The first-order chi connectivity index (χ1) is 7.65. The van der Waals surface area contributed by atoms with Crippen LogP contribution < -0.4 is 11.1 Å². The molecule has 0 spiro atoms. The summed E-state index contributed by atoms with van der Waals surface area (Å²) in [7, 11) is 1.33. The predicted octanol–water partition coefficient (Wildman–Crippen LogP) is 0.183. The largest absolute Gasteiger partial charge is 0.469 e. The first-order valence-electron chi connectivity index (χ1n) is 5.75. The highest BCUT2D eigenvalue weighted by Crippen LogP contribution is 2.22. The van der Waals surface area contributed by atoms with Gasteiger partial charge in [0, 0.05) is 12.6 Å². The van der Waals surface area contributed by atoms with Crippen LogP contribution in [0.15, 0.2) is 0 Å². The molecule has 1 aliphatic carbocycles. The van der Waals surface area contributed by atoms with Crippen LogP contribution in [0.25, 0.3) is 0 Å². The van der Waals surface area contributed by atoms with Crippen LogP contribution >= 0.6 is 0 Å². The van der Waals surface area contributed by atoms with E-state index in [4.69, 9.17) is 5.73 Å². The highest BCUT2D eigenvalue weighted by Gasteiger charge is 2.27. The highest BCUT2D eigenvalue weighted by atomic mass is 16.5. The van der Waals surface area contributed by atoms with E-state index in [9.17, 15) is 9.59 Å². The lowest BCUT2D eigenvalue weighted by Crippen LogP contribution is -2.44. The predicted molar refractivity (Wildman–Crippen MR) is 59.6 cm³/mol. The first kappa shape index (κ1) is 13.0. The van der Waals surface area contributed by atoms with E-state index >= 15 is 0 Å². The summed E-state index contributed by atoms with van der Waals surface area (Å²) in [5.41, 5.74) is 5.89. The zero-order chi connectivity index (χ0) is 12.0. The Morgan fingerprint density at radius 3 is 2.69 bits per heavy atom. The number of nitrogens with one attached hydrogen (secondary N) is 1. The summed E-state index contributed by atoms with van der Waals surface area (Å²) in [5, 5.41) is 2.73. The van der Waals surface area contributed by atoms with Crippen LogP contribution in [0.2, 0.25) is 0 Å². The summed E-state index contributed by atoms with van der Waals surface area (Å²) in [5.74, 6) is -0.434. The van der Waals surface area contributed by atoms with Gasteiger partial charge in [-0.3, -0.25) is 9.59 Å². The van der Waals surface area contributed by atoms with Gasteiger partial charge in [-0.25, -0.2) is 0 Å². The van der Waals surface area contributed by atoms with Crippen LogP contribution in [0.1, 0.15) is 32.1 Å². The van der Waals surface area contributed by atoms with E-state index in [0.29, 0.717) is 6.54 Å². The van der Waals surface area contributed by atoms with Gasteiger partial charge in [0.2, 0.25) is 5.91 Å². The first-order valence-corrected chi connectivity index (χ1v) is 5.75. The number of carbonyl (C=O) groups excluding carboxylic acids is 2. The second-order valence-corrected chi connectivity index (χ2v) is 4.17. The van der Waals surface area contributed by atoms with Crippen LogP contribution in [0.3, 0.4) is 0 Å². The van der Waals surface area contributed by atoms with E-state index in [0.717, 1.165) is 25.7 Å². The number of hydrogen-bond acceptors (Lipinski definition) is 4. The molecule has 0 aromatic carbocycles. The van der Waals surface area contributed by atoms with Crippen LogP contribution in [0, 0.1) is 5.92 Å². The number of nitrogens with two attached hydrogens (primary N) is 1. The van der Waals surface area contributed by atoms with Crippen molar-refractivity contribution in [3.63, 3.8) is 0 Å². The maximum Gasteiger partial charge on any atom is 0.307 e. The summed E-state index contributed by atoms with van der Waals surface area (Å²) < 4.78 is 4.48. The van der Waals surface area contributed by atoms with Gasteiger partial charge in [0.1, 0.15) is 0 Å². The molecule has 1 rings (SSSR count). The van der Waals surface area contributed by atoms with Crippen LogP contribution in [0.4, 0.5) is 0 Å². The van der Waals surface area contributed by atoms with Crippen molar-refractivity contribution < 1.29 is 14.3 Å². The average Bonchev–Trinajstić information content (AvgIpc) is 2.29. The normalized spacial score (nSPS) is 24.9. The summed E-state index contributed by atoms with van der Waals surface area (Å²) in [6, 6.07) is -0.0353. The number of carbonyl (C=O) groups is 2. The van der Waals surface area contributed by atoms with Crippen LogP contribution in [-0.2, 0) is 14.3 Å². The van der Waals surface area contributed by atoms with E-state index < -0.39 is 0 Å². The van der Waals surface area contributed by atoms with Crippen molar-refractivity contribution in [2.45, 2.75) is 38.1 Å². The fourth-order valence-electron chi connectivity index (χ4n) is 2.01. The minimum atomic E-state index is -0.312. The van der Waals surface area contributed by atoms with Gasteiger partial charge in [-0.15, -0.1) is 0 Å². The molecule has 0 radical (unpaired) electrons. The third kappa shape index (κ3) is 3.81. The van der Waals surface area contributed by atoms with Gasteiger partial charge in [-0.05, 0) is 12.8 Å². The molecule has 0 aliphatic heterocycles. The lowest BCUT2D eigenvalue weighted by atomic mass is 9.84. The van der Waals surface area contributed by atoms with E-state index in [2.05, 4.69) is 10.1 Å². The molecule has 0 aromatic rings. The molecule has 0 saturated heterocycles. The number of esters is 1. The van der Waals surface area contributed by atoms with Gasteiger partial charge in [0.15, 0.2) is 0 Å². The lowest BCUT2D eigenvalue weighted by Gasteiger charge is -2.27. The minimum absolute atomic E-state index is 0.0314. The van der Waals surface area contributed by atoms with E-state index in [1.807, 2.05) is 0 Å². The number of hydrogen-bond donors (Lipinski definition) is 2. The fraction of sp³-hybridized carbons (Fsp3) is 0.818. The molecule has 1 fully saturated rings. The van der Waals surface area contributed by atoms with Crippen molar-refractivity contribution in [3.8, 4) is 0 Å². The molecule has 1 saturated carbocycles. The quantitative estimate of drug-likeness (QED) is 0.673. The zero-order valence-corrected chi connectivity index (χ0v) is 9.70. The van der Waals surface area contributed by atoms with Gasteiger partial charge in [-0.1, -0.05) is 12.8 Å². The summed E-state index contributed by atoms with van der Waals surface area (Å²) in [4.78, 5) is 22.6. The van der Waals surface area contributed by atoms with Gasteiger partial charge >= 0.3 is 5.97 Å². The Morgan fingerprint density at radius 2 is 2.06 bits per heavy atom. The van der Waals surface area contributed by atoms with Gasteiger partial charge in [-0.2, -0.15) is 0 Å². The van der Waals surface area contributed by atoms with Gasteiger partial charge in [0.25, 0.3) is 0 Å². The number of ether oxygens (including phenoxy) is 1. The van der Waals surface area contributed by atoms with Crippen molar-refractivity contribution in [1.82, 2.24) is 5.32 Å². The Bertz CT molecular complexity index is 256. The Morgan fingerprint density at radius 1 is 1.38 bits per heavy atom. The third-order valence-electron chi connectivity index (χ3n) is 3.01. The van der Waals surface area contributed by atoms with Gasteiger partial charge in [0.05, 0.1) is 19.4 Å². The maximum atomic E-state index is 11.7. The molecule has 1 amide bonds. The molecule has 0 bridgehead atoms. The number of methoxy groups -OCH3 is 1. The van der Waals surface area contributed by atoms with Crippen molar-refractivity contribution in [1.29, 1.82) is 0 Å². The third-order valence-corrected chi connectivity index (χ3v) is 3.01. The molecule has 16 heavy (non-hydrogen) atoms. The SMILES string of the molecule is COC(=O)CCNC(=O)C1CCCCC1N. The standard InChI is InChI=1S/C11H20N2O3/c1-16-10(14)6-7-13-11(15)8-4-2-3-5-9(8)12/h8-9H,2-7,12H2,1H3,(H,13,15). The molecule has 3 N–H and O–H groups in total. The molecule has 2 atom stereocenters. The maximum absolute atomic E-state index is 11.7. The van der Waals surface area contributed by atoms with E-state index in [1.165, 1.54) is 7.11 Å². The molecule has 0 heterocycles. The average molecular weight is 228 g/mol. The Balaban J connectivity index is 2.25. The molecule has 2 unspecified atom stereocenters. The van der Waals surface area contributed by atoms with Crippen molar-refractivity contribution in [2.24, 2.45) is 11.7 Å². The molecule has 5 nitrogen and oxygen atoms in total. The molecular weight excluding hydrogens is 208 g/mol. The smallest absolute Gasteiger partial charge is 0.307 e. The van der Waals surface area contributed by atoms with E-state index in [1.54, 1.807) is 0 Å². The second kappa shape index (κ2) is 6.48. The number of amides is 1. The Hall–Kier alpha value is -1.10. The second-order valence-electron chi connectivity index (χ2n) is 4.17. The topological polar surface area (TPSA) is 81.4 Å².